The second-order valence-electron chi connectivity index (χ2n) is 1.45. The molecule has 0 unspecified atom stereocenters. The molecule has 0 aromatic rings. The van der Waals surface area contributed by atoms with E-state index in [-0.39, 0.29) is 16.5 Å². The van der Waals surface area contributed by atoms with E-state index in [0.29, 0.717) is 4.32 Å². The van der Waals surface area contributed by atoms with Gasteiger partial charge in [-0.1, -0.05) is 12.2 Å². The van der Waals surface area contributed by atoms with Crippen LogP contribution in [0.25, 0.3) is 0 Å². The van der Waals surface area contributed by atoms with E-state index in [1.165, 1.54) is 0 Å². The summed E-state index contributed by atoms with van der Waals surface area (Å²) in [5.41, 5.74) is 0. The third-order valence-corrected chi connectivity index (χ3v) is 1.58. The van der Waals surface area contributed by atoms with Gasteiger partial charge in [-0.15, -0.1) is 12.6 Å². The fourth-order valence-corrected chi connectivity index (χ4v) is 1.04. The molecule has 0 rings (SSSR count). The molecule has 1 nitrogen and oxygen atoms in total. The summed E-state index contributed by atoms with van der Waals surface area (Å²) in [6, 6.07) is 0. The molecule has 0 radical (unpaired) electrons. The summed E-state index contributed by atoms with van der Waals surface area (Å²) in [4.78, 5) is 2.01. The first-order chi connectivity index (χ1) is 3.72. The molecular formula is C5H11NNiS2. The van der Waals surface area contributed by atoms with Crippen molar-refractivity contribution in [1.82, 2.24) is 4.90 Å². The molecule has 0 N–H and O–H groups in total. The molecular weight excluding hydrogens is 197 g/mol. The summed E-state index contributed by atoms with van der Waals surface area (Å²) in [6.07, 6.45) is 0. The quantitative estimate of drug-likeness (QED) is 0.416. The molecule has 4 heteroatoms. The maximum atomic E-state index is 4.81. The number of thiocarbonyl (C=S) groups is 1. The van der Waals surface area contributed by atoms with Gasteiger partial charge in [0.25, 0.3) is 0 Å². The van der Waals surface area contributed by atoms with Crippen molar-refractivity contribution < 1.29 is 16.5 Å². The predicted molar refractivity (Wildman–Crippen MR) is 44.5 cm³/mol. The Balaban J connectivity index is 0. The van der Waals surface area contributed by atoms with Crippen molar-refractivity contribution >= 4 is 29.2 Å². The summed E-state index contributed by atoms with van der Waals surface area (Å²) < 4.78 is 0.690. The van der Waals surface area contributed by atoms with E-state index in [9.17, 15) is 0 Å². The Morgan fingerprint density at radius 1 is 1.44 bits per heavy atom. The predicted octanol–water partition coefficient (Wildman–Crippen LogP) is 1.54. The van der Waals surface area contributed by atoms with Crippen LogP contribution in [0.15, 0.2) is 0 Å². The zero-order valence-electron chi connectivity index (χ0n) is 5.53. The van der Waals surface area contributed by atoms with E-state index in [0.717, 1.165) is 13.1 Å². The van der Waals surface area contributed by atoms with Crippen LogP contribution in [0.3, 0.4) is 0 Å². The molecule has 9 heavy (non-hydrogen) atoms. The summed E-state index contributed by atoms with van der Waals surface area (Å²) in [5.74, 6) is 0. The fraction of sp³-hybridized carbons (Fsp3) is 0.800. The van der Waals surface area contributed by atoms with Gasteiger partial charge in [0.05, 0.1) is 0 Å². The monoisotopic (exact) mass is 207 g/mol. The molecule has 0 aliphatic heterocycles. The van der Waals surface area contributed by atoms with E-state index >= 15 is 0 Å². The van der Waals surface area contributed by atoms with Gasteiger partial charge in [0.2, 0.25) is 0 Å². The van der Waals surface area contributed by atoms with Crippen molar-refractivity contribution in [3.8, 4) is 0 Å². The van der Waals surface area contributed by atoms with Crippen molar-refractivity contribution in [2.75, 3.05) is 13.1 Å². The van der Waals surface area contributed by atoms with Crippen LogP contribution in [0.2, 0.25) is 0 Å². The fourth-order valence-electron chi connectivity index (χ4n) is 0.494. The van der Waals surface area contributed by atoms with Gasteiger partial charge in [0.1, 0.15) is 4.32 Å². The van der Waals surface area contributed by atoms with Gasteiger partial charge >= 0.3 is 0 Å². The minimum atomic E-state index is 0. The molecule has 0 bridgehead atoms. The Kier molecular flexibility index (Phi) is 9.45. The Morgan fingerprint density at radius 2 is 1.78 bits per heavy atom. The van der Waals surface area contributed by atoms with Crippen molar-refractivity contribution in [2.45, 2.75) is 13.8 Å². The van der Waals surface area contributed by atoms with Crippen LogP contribution in [0, 0.1) is 0 Å². The standard InChI is InChI=1S/C5H11NS2.Ni/c1-3-6(4-2)5(7)8;/h3-4H2,1-2H3,(H,7,8);. The van der Waals surface area contributed by atoms with Gasteiger partial charge in [0.15, 0.2) is 0 Å². The Labute approximate surface area is 77.5 Å². The minimum absolute atomic E-state index is 0. The molecule has 0 atom stereocenters. The van der Waals surface area contributed by atoms with E-state index in [1.807, 2.05) is 4.90 Å². The van der Waals surface area contributed by atoms with Crippen LogP contribution in [-0.2, 0) is 16.5 Å². The Morgan fingerprint density at radius 3 is 1.78 bits per heavy atom. The molecule has 58 valence electrons. The molecule has 0 heterocycles. The maximum Gasteiger partial charge on any atom is 0.133 e. The van der Waals surface area contributed by atoms with Crippen LogP contribution >= 0.6 is 24.8 Å². The van der Waals surface area contributed by atoms with Crippen molar-refractivity contribution in [3.63, 3.8) is 0 Å². The minimum Gasteiger partial charge on any atom is -0.358 e. The van der Waals surface area contributed by atoms with Gasteiger partial charge in [-0.05, 0) is 13.8 Å². The first-order valence-electron chi connectivity index (χ1n) is 2.70. The van der Waals surface area contributed by atoms with Crippen LogP contribution in [0.5, 0.6) is 0 Å². The van der Waals surface area contributed by atoms with Crippen molar-refractivity contribution in [3.05, 3.63) is 0 Å². The second-order valence-corrected chi connectivity index (χ2v) is 2.57. The van der Waals surface area contributed by atoms with Crippen LogP contribution in [-0.4, -0.2) is 22.3 Å². The largest absolute Gasteiger partial charge is 0.358 e. The first kappa shape index (κ1) is 12.4. The molecule has 0 aliphatic carbocycles. The van der Waals surface area contributed by atoms with Gasteiger partial charge in [-0.2, -0.15) is 0 Å². The first-order valence-corrected chi connectivity index (χ1v) is 3.55. The number of rotatable bonds is 2. The van der Waals surface area contributed by atoms with Gasteiger partial charge in [0, 0.05) is 29.6 Å². The van der Waals surface area contributed by atoms with Crippen LogP contribution in [0.4, 0.5) is 0 Å². The molecule has 0 aromatic heterocycles. The number of hydrogen-bond acceptors (Lipinski definition) is 1. The van der Waals surface area contributed by atoms with Crippen LogP contribution < -0.4 is 0 Å². The normalized spacial score (nSPS) is 7.89. The number of thiol groups is 1. The molecule has 0 saturated heterocycles. The maximum absolute atomic E-state index is 4.81. The average molecular weight is 208 g/mol. The number of nitrogens with zero attached hydrogens (tertiary/aromatic N) is 1. The average Bonchev–Trinajstić information content (AvgIpc) is 1.69. The number of hydrogen-bond donors (Lipinski definition) is 1. The molecule has 0 saturated carbocycles. The molecule has 0 aromatic carbocycles. The van der Waals surface area contributed by atoms with E-state index < -0.39 is 0 Å². The summed E-state index contributed by atoms with van der Waals surface area (Å²) >= 11 is 8.82. The SMILES string of the molecule is CCN(CC)C(=S)S.[Ni]. The zero-order chi connectivity index (χ0) is 6.57. The van der Waals surface area contributed by atoms with E-state index in [1.54, 1.807) is 0 Å². The molecule has 0 aliphatic rings. The second kappa shape index (κ2) is 6.85. The molecule has 0 spiro atoms. The topological polar surface area (TPSA) is 3.24 Å². The summed E-state index contributed by atoms with van der Waals surface area (Å²) in [6.45, 7) is 6.04. The van der Waals surface area contributed by atoms with Crippen LogP contribution in [0.1, 0.15) is 13.8 Å². The van der Waals surface area contributed by atoms with Crippen molar-refractivity contribution in [2.24, 2.45) is 0 Å². The van der Waals surface area contributed by atoms with E-state index in [4.69, 9.17) is 12.2 Å². The molecule has 0 amide bonds. The Hall–Kier alpha value is 0.734. The van der Waals surface area contributed by atoms with Gasteiger partial charge in [-0.25, -0.2) is 0 Å². The summed E-state index contributed by atoms with van der Waals surface area (Å²) in [5, 5.41) is 0. The molecule has 0 fully saturated rings. The van der Waals surface area contributed by atoms with E-state index in [2.05, 4.69) is 26.5 Å². The van der Waals surface area contributed by atoms with Crippen molar-refractivity contribution in [1.29, 1.82) is 0 Å². The zero-order valence-corrected chi connectivity index (χ0v) is 8.23. The Bertz CT molecular complexity index is 83.0. The smallest absolute Gasteiger partial charge is 0.133 e. The third kappa shape index (κ3) is 5.19. The summed E-state index contributed by atoms with van der Waals surface area (Å²) in [7, 11) is 0. The third-order valence-electron chi connectivity index (χ3n) is 1.03. The van der Waals surface area contributed by atoms with Gasteiger partial charge < -0.3 is 4.90 Å². The van der Waals surface area contributed by atoms with Gasteiger partial charge in [-0.3, -0.25) is 0 Å².